The molecular weight excluding hydrogens is 302 g/mol. The van der Waals surface area contributed by atoms with Crippen LogP contribution in [-0.2, 0) is 4.79 Å². The van der Waals surface area contributed by atoms with E-state index in [0.29, 0.717) is 19.6 Å². The zero-order chi connectivity index (χ0) is 17.7. The Morgan fingerprint density at radius 3 is 2.25 bits per heavy atom. The number of piperazine rings is 1. The van der Waals surface area contributed by atoms with Gasteiger partial charge in [0.25, 0.3) is 5.91 Å². The van der Waals surface area contributed by atoms with Crippen LogP contribution in [0.5, 0.6) is 0 Å². The van der Waals surface area contributed by atoms with Gasteiger partial charge in [-0.1, -0.05) is 12.1 Å². The molecule has 2 rings (SSSR count). The Hall–Kier alpha value is -1.88. The quantitative estimate of drug-likeness (QED) is 0.828. The fourth-order valence-corrected chi connectivity index (χ4v) is 3.13. The molecule has 0 aliphatic carbocycles. The normalized spacial score (nSPS) is 15.4. The first-order valence-electron chi connectivity index (χ1n) is 8.83. The molecule has 0 atom stereocenters. The lowest BCUT2D eigenvalue weighted by atomic mass is 10.0. The first-order valence-corrected chi connectivity index (χ1v) is 8.83. The van der Waals surface area contributed by atoms with Crippen molar-refractivity contribution in [2.45, 2.75) is 27.7 Å². The summed E-state index contributed by atoms with van der Waals surface area (Å²) < 4.78 is 0. The minimum atomic E-state index is 0.103. The van der Waals surface area contributed by atoms with E-state index in [1.807, 2.05) is 55.7 Å². The number of nitrogens with zero attached hydrogens (tertiary/aromatic N) is 3. The van der Waals surface area contributed by atoms with Gasteiger partial charge in [-0.2, -0.15) is 0 Å². The maximum absolute atomic E-state index is 12.7. The van der Waals surface area contributed by atoms with Crippen LogP contribution in [0.15, 0.2) is 18.2 Å². The lowest BCUT2D eigenvalue weighted by Crippen LogP contribution is -2.51. The van der Waals surface area contributed by atoms with E-state index in [4.69, 9.17) is 0 Å². The molecule has 132 valence electrons. The Morgan fingerprint density at radius 1 is 1.04 bits per heavy atom. The van der Waals surface area contributed by atoms with Crippen LogP contribution in [0.2, 0.25) is 0 Å². The standard InChI is InChI=1S/C19H29N3O2/c1-5-21(6-2)18(23)14-20-10-12-22(13-11-20)19(24)17-9-7-8-15(3)16(17)4/h7-9H,5-6,10-14H2,1-4H3. The Balaban J connectivity index is 1.92. The molecule has 0 spiro atoms. The molecule has 1 aromatic rings. The van der Waals surface area contributed by atoms with Crippen molar-refractivity contribution in [1.82, 2.24) is 14.7 Å². The summed E-state index contributed by atoms with van der Waals surface area (Å²) >= 11 is 0. The summed E-state index contributed by atoms with van der Waals surface area (Å²) in [5.74, 6) is 0.278. The second-order valence-electron chi connectivity index (χ2n) is 6.38. The van der Waals surface area contributed by atoms with E-state index < -0.39 is 0 Å². The fraction of sp³-hybridized carbons (Fsp3) is 0.579. The average Bonchev–Trinajstić information content (AvgIpc) is 2.58. The van der Waals surface area contributed by atoms with Crippen molar-refractivity contribution in [2.24, 2.45) is 0 Å². The molecule has 2 amide bonds. The molecule has 1 aromatic carbocycles. The van der Waals surface area contributed by atoms with E-state index in [9.17, 15) is 9.59 Å². The Bertz CT molecular complexity index is 588. The number of likely N-dealkylation sites (N-methyl/N-ethyl adjacent to an activating group) is 1. The predicted octanol–water partition coefficient (Wildman–Crippen LogP) is 1.93. The Morgan fingerprint density at radius 2 is 1.67 bits per heavy atom. The zero-order valence-corrected chi connectivity index (χ0v) is 15.3. The van der Waals surface area contributed by atoms with Crippen molar-refractivity contribution in [3.8, 4) is 0 Å². The van der Waals surface area contributed by atoms with Crippen molar-refractivity contribution in [2.75, 3.05) is 45.8 Å². The maximum Gasteiger partial charge on any atom is 0.254 e. The van der Waals surface area contributed by atoms with Gasteiger partial charge in [0.05, 0.1) is 6.54 Å². The van der Waals surface area contributed by atoms with E-state index in [2.05, 4.69) is 4.90 Å². The topological polar surface area (TPSA) is 43.9 Å². The van der Waals surface area contributed by atoms with Crippen LogP contribution in [0.25, 0.3) is 0 Å². The molecule has 0 N–H and O–H groups in total. The molecule has 0 saturated carbocycles. The predicted molar refractivity (Wildman–Crippen MR) is 96.2 cm³/mol. The van der Waals surface area contributed by atoms with E-state index >= 15 is 0 Å². The summed E-state index contributed by atoms with van der Waals surface area (Å²) in [6.07, 6.45) is 0. The lowest BCUT2D eigenvalue weighted by molar-refractivity contribution is -0.132. The third-order valence-electron chi connectivity index (χ3n) is 4.97. The van der Waals surface area contributed by atoms with Gasteiger partial charge in [-0.3, -0.25) is 14.5 Å². The molecular formula is C19H29N3O2. The van der Waals surface area contributed by atoms with Gasteiger partial charge in [0.15, 0.2) is 0 Å². The van der Waals surface area contributed by atoms with Crippen LogP contribution in [0.1, 0.15) is 35.3 Å². The fourth-order valence-electron chi connectivity index (χ4n) is 3.13. The monoisotopic (exact) mass is 331 g/mol. The van der Waals surface area contributed by atoms with Crippen LogP contribution >= 0.6 is 0 Å². The van der Waals surface area contributed by atoms with Gasteiger partial charge in [0.2, 0.25) is 5.91 Å². The van der Waals surface area contributed by atoms with Crippen molar-refractivity contribution in [3.63, 3.8) is 0 Å². The second-order valence-corrected chi connectivity index (χ2v) is 6.38. The molecule has 0 aromatic heterocycles. The molecule has 5 heteroatoms. The molecule has 1 heterocycles. The number of amides is 2. The van der Waals surface area contributed by atoms with Crippen LogP contribution in [0.3, 0.4) is 0 Å². The summed E-state index contributed by atoms with van der Waals surface area (Å²) in [6.45, 7) is 12.9. The average molecular weight is 331 g/mol. The largest absolute Gasteiger partial charge is 0.342 e. The number of hydrogen-bond donors (Lipinski definition) is 0. The third-order valence-corrected chi connectivity index (χ3v) is 4.97. The zero-order valence-electron chi connectivity index (χ0n) is 15.3. The van der Waals surface area contributed by atoms with Gasteiger partial charge in [-0.05, 0) is 44.9 Å². The molecule has 0 radical (unpaired) electrons. The highest BCUT2D eigenvalue weighted by Crippen LogP contribution is 2.16. The number of aryl methyl sites for hydroxylation is 1. The molecule has 0 bridgehead atoms. The van der Waals surface area contributed by atoms with E-state index in [1.54, 1.807) is 0 Å². The summed E-state index contributed by atoms with van der Waals surface area (Å²) in [4.78, 5) is 30.8. The number of carbonyl (C=O) groups excluding carboxylic acids is 2. The van der Waals surface area contributed by atoms with E-state index in [1.165, 1.54) is 0 Å². The molecule has 1 aliphatic rings. The smallest absolute Gasteiger partial charge is 0.254 e. The highest BCUT2D eigenvalue weighted by molar-refractivity contribution is 5.96. The van der Waals surface area contributed by atoms with Gasteiger partial charge in [-0.25, -0.2) is 0 Å². The molecule has 5 nitrogen and oxygen atoms in total. The Kier molecular flexibility index (Phi) is 6.37. The summed E-state index contributed by atoms with van der Waals surface area (Å²) in [6, 6.07) is 5.87. The van der Waals surface area contributed by atoms with Crippen molar-refractivity contribution in [1.29, 1.82) is 0 Å². The van der Waals surface area contributed by atoms with Crippen LogP contribution in [0, 0.1) is 13.8 Å². The third kappa shape index (κ3) is 4.15. The van der Waals surface area contributed by atoms with Crippen molar-refractivity contribution in [3.05, 3.63) is 34.9 Å². The van der Waals surface area contributed by atoms with E-state index in [-0.39, 0.29) is 11.8 Å². The molecule has 1 aliphatic heterocycles. The van der Waals surface area contributed by atoms with Crippen molar-refractivity contribution < 1.29 is 9.59 Å². The summed E-state index contributed by atoms with van der Waals surface area (Å²) in [5.41, 5.74) is 2.99. The molecule has 1 saturated heterocycles. The molecule has 24 heavy (non-hydrogen) atoms. The number of rotatable bonds is 5. The lowest BCUT2D eigenvalue weighted by Gasteiger charge is -2.35. The van der Waals surface area contributed by atoms with Gasteiger partial charge >= 0.3 is 0 Å². The summed E-state index contributed by atoms with van der Waals surface area (Å²) in [7, 11) is 0. The van der Waals surface area contributed by atoms with Gasteiger partial charge in [-0.15, -0.1) is 0 Å². The number of hydrogen-bond acceptors (Lipinski definition) is 3. The minimum Gasteiger partial charge on any atom is -0.342 e. The SMILES string of the molecule is CCN(CC)C(=O)CN1CCN(C(=O)c2cccc(C)c2C)CC1. The first kappa shape index (κ1) is 18.5. The van der Waals surface area contributed by atoms with Gasteiger partial charge in [0.1, 0.15) is 0 Å². The van der Waals surface area contributed by atoms with Gasteiger partial charge < -0.3 is 9.80 Å². The number of benzene rings is 1. The molecule has 1 fully saturated rings. The van der Waals surface area contributed by atoms with Crippen LogP contribution < -0.4 is 0 Å². The first-order chi connectivity index (χ1) is 11.5. The second kappa shape index (κ2) is 8.29. The highest BCUT2D eigenvalue weighted by atomic mass is 16.2. The van der Waals surface area contributed by atoms with Crippen LogP contribution in [0.4, 0.5) is 0 Å². The minimum absolute atomic E-state index is 0.103. The van der Waals surface area contributed by atoms with Gasteiger partial charge in [0, 0.05) is 44.8 Å². The Labute approximate surface area is 145 Å². The van der Waals surface area contributed by atoms with Crippen LogP contribution in [-0.4, -0.2) is 72.3 Å². The van der Waals surface area contributed by atoms with E-state index in [0.717, 1.165) is 42.9 Å². The number of carbonyl (C=O) groups is 2. The molecule has 0 unspecified atom stereocenters. The maximum atomic E-state index is 12.7. The highest BCUT2D eigenvalue weighted by Gasteiger charge is 2.25. The summed E-state index contributed by atoms with van der Waals surface area (Å²) in [5, 5.41) is 0. The van der Waals surface area contributed by atoms with Crippen molar-refractivity contribution >= 4 is 11.8 Å².